The van der Waals surface area contributed by atoms with Crippen LogP contribution in [0.25, 0.3) is 0 Å². The van der Waals surface area contributed by atoms with Gasteiger partial charge in [0.1, 0.15) is 17.0 Å². The first kappa shape index (κ1) is 18.2. The predicted molar refractivity (Wildman–Crippen MR) is 80.3 cm³/mol. The van der Waals surface area contributed by atoms with Gasteiger partial charge in [0.15, 0.2) is 0 Å². The van der Waals surface area contributed by atoms with E-state index in [4.69, 9.17) is 4.74 Å². The van der Waals surface area contributed by atoms with Gasteiger partial charge in [-0.15, -0.1) is 0 Å². The van der Waals surface area contributed by atoms with Crippen LogP contribution in [0.4, 0.5) is 10.5 Å². The number of nitro groups is 1. The third kappa shape index (κ3) is 5.81. The van der Waals surface area contributed by atoms with E-state index in [1.165, 1.54) is 18.3 Å². The van der Waals surface area contributed by atoms with Gasteiger partial charge in [0.05, 0.1) is 12.0 Å². The Morgan fingerprint density at radius 2 is 2.04 bits per heavy atom. The number of amides is 1. The smallest absolute Gasteiger partial charge is 0.434 e. The molecule has 0 saturated heterocycles. The van der Waals surface area contributed by atoms with Gasteiger partial charge in [-0.05, 0) is 26.8 Å². The van der Waals surface area contributed by atoms with Crippen LogP contribution in [0.1, 0.15) is 26.5 Å². The molecule has 0 spiro atoms. The largest absolute Gasteiger partial charge is 0.465 e. The summed E-state index contributed by atoms with van der Waals surface area (Å²) >= 11 is 0. The van der Waals surface area contributed by atoms with Gasteiger partial charge in [-0.2, -0.15) is 4.99 Å². The van der Waals surface area contributed by atoms with Crippen molar-refractivity contribution >= 4 is 23.5 Å². The van der Waals surface area contributed by atoms with Crippen LogP contribution in [0.5, 0.6) is 0 Å². The van der Waals surface area contributed by atoms with Crippen LogP contribution >= 0.6 is 0 Å². The fourth-order valence-electron chi connectivity index (χ4n) is 1.56. The number of aromatic nitrogens is 1. The lowest BCUT2D eigenvalue weighted by molar-refractivity contribution is -0.385. The Balaban J connectivity index is 3.12. The van der Waals surface area contributed by atoms with E-state index in [-0.39, 0.29) is 23.5 Å². The number of methoxy groups -OCH3 is 1. The summed E-state index contributed by atoms with van der Waals surface area (Å²) in [5.41, 5.74) is -1.42. The van der Waals surface area contributed by atoms with Gasteiger partial charge in [0.2, 0.25) is 0 Å². The first-order valence-electron chi connectivity index (χ1n) is 6.61. The summed E-state index contributed by atoms with van der Waals surface area (Å²) in [6.45, 7) is 4.92. The van der Waals surface area contributed by atoms with Crippen molar-refractivity contribution < 1.29 is 24.0 Å². The fraction of sp³-hybridized carbons (Fsp3) is 0.429. The Hall–Kier alpha value is -2.84. The van der Waals surface area contributed by atoms with Crippen molar-refractivity contribution in [1.29, 1.82) is 0 Å². The fourth-order valence-corrected chi connectivity index (χ4v) is 1.56. The summed E-state index contributed by atoms with van der Waals surface area (Å²) in [7, 11) is 1.11. The van der Waals surface area contributed by atoms with Gasteiger partial charge < -0.3 is 9.47 Å². The summed E-state index contributed by atoms with van der Waals surface area (Å²) in [6.07, 6.45) is 0.0183. The van der Waals surface area contributed by atoms with E-state index in [1.54, 1.807) is 20.8 Å². The first-order chi connectivity index (χ1) is 10.6. The second-order valence-corrected chi connectivity index (χ2v) is 5.43. The monoisotopic (exact) mass is 323 g/mol. The molecule has 0 bridgehead atoms. The predicted octanol–water partition coefficient (Wildman–Crippen LogP) is 2.08. The molecule has 1 aromatic rings. The molecule has 0 N–H and O–H groups in total. The lowest BCUT2D eigenvalue weighted by Gasteiger charge is -2.17. The highest BCUT2D eigenvalue weighted by molar-refractivity contribution is 6.38. The normalized spacial score (nSPS) is 11.7. The second-order valence-electron chi connectivity index (χ2n) is 5.43. The Kier molecular flexibility index (Phi) is 5.88. The Labute approximate surface area is 132 Å². The average Bonchev–Trinajstić information content (AvgIpc) is 2.44. The molecule has 0 atom stereocenters. The summed E-state index contributed by atoms with van der Waals surface area (Å²) in [5, 5.41) is 11.0. The summed E-state index contributed by atoms with van der Waals surface area (Å²) in [5.74, 6) is -0.893. The zero-order valence-electron chi connectivity index (χ0n) is 13.2. The lowest BCUT2D eigenvalue weighted by Crippen LogP contribution is -2.25. The molecule has 0 aromatic carbocycles. The first-order valence-corrected chi connectivity index (χ1v) is 6.61. The molecular formula is C14H17N3O6. The molecule has 9 heteroatoms. The van der Waals surface area contributed by atoms with Gasteiger partial charge in [0.25, 0.3) is 5.69 Å². The van der Waals surface area contributed by atoms with Crippen LogP contribution < -0.4 is 0 Å². The van der Waals surface area contributed by atoms with Crippen molar-refractivity contribution in [3.8, 4) is 0 Å². The maximum absolute atomic E-state index is 11.7. The van der Waals surface area contributed by atoms with Crippen molar-refractivity contribution in [2.45, 2.75) is 32.8 Å². The maximum Gasteiger partial charge on any atom is 0.434 e. The van der Waals surface area contributed by atoms with Gasteiger partial charge in [-0.1, -0.05) is 0 Å². The van der Waals surface area contributed by atoms with Crippen molar-refractivity contribution in [3.63, 3.8) is 0 Å². The lowest BCUT2D eigenvalue weighted by atomic mass is 10.1. The van der Waals surface area contributed by atoms with Crippen LogP contribution in [0.2, 0.25) is 0 Å². The third-order valence-corrected chi connectivity index (χ3v) is 2.44. The Morgan fingerprint density at radius 3 is 2.57 bits per heavy atom. The highest BCUT2D eigenvalue weighted by atomic mass is 16.6. The number of rotatable bonds is 4. The second kappa shape index (κ2) is 7.43. The minimum absolute atomic E-state index is 0.00907. The summed E-state index contributed by atoms with van der Waals surface area (Å²) in [4.78, 5) is 41.2. The van der Waals surface area contributed by atoms with Crippen LogP contribution in [0.15, 0.2) is 23.3 Å². The van der Waals surface area contributed by atoms with Gasteiger partial charge >= 0.3 is 12.1 Å². The van der Waals surface area contributed by atoms with E-state index >= 15 is 0 Å². The highest BCUT2D eigenvalue weighted by Gasteiger charge is 2.23. The zero-order valence-corrected chi connectivity index (χ0v) is 13.2. The Morgan fingerprint density at radius 1 is 1.39 bits per heavy atom. The van der Waals surface area contributed by atoms with Crippen molar-refractivity contribution in [2.24, 2.45) is 4.99 Å². The van der Waals surface area contributed by atoms with E-state index in [2.05, 4.69) is 14.7 Å². The van der Waals surface area contributed by atoms with E-state index in [0.29, 0.717) is 0 Å². The van der Waals surface area contributed by atoms with E-state index < -0.39 is 22.6 Å². The van der Waals surface area contributed by atoms with Crippen LogP contribution in [-0.2, 0) is 20.7 Å². The standard InChI is InChI=1S/C14H17N3O6/c1-14(2,3)23-13(19)16-10(12(18)22-4)8-9-11(17(20)21)6-5-7-15-9/h5-7H,8H2,1-4H3. The molecule has 0 fully saturated rings. The van der Waals surface area contributed by atoms with Gasteiger partial charge in [-0.25, -0.2) is 9.59 Å². The number of ether oxygens (including phenoxy) is 2. The molecule has 0 aliphatic rings. The zero-order chi connectivity index (χ0) is 17.6. The molecule has 1 aromatic heterocycles. The molecule has 1 amide bonds. The number of carbonyl (C=O) groups excluding carboxylic acids is 2. The average molecular weight is 323 g/mol. The van der Waals surface area contributed by atoms with Crippen LogP contribution in [-0.4, -0.2) is 40.4 Å². The number of hydrogen-bond acceptors (Lipinski definition) is 7. The molecule has 9 nitrogen and oxygen atoms in total. The molecule has 0 unspecified atom stereocenters. The summed E-state index contributed by atoms with van der Waals surface area (Å²) < 4.78 is 9.53. The highest BCUT2D eigenvalue weighted by Crippen LogP contribution is 2.16. The minimum atomic E-state index is -0.989. The molecule has 1 heterocycles. The topological polar surface area (TPSA) is 121 Å². The van der Waals surface area contributed by atoms with Gasteiger partial charge in [0, 0.05) is 18.7 Å². The minimum Gasteiger partial charge on any atom is -0.465 e. The molecule has 0 saturated carbocycles. The van der Waals surface area contributed by atoms with E-state index in [9.17, 15) is 19.7 Å². The van der Waals surface area contributed by atoms with Crippen LogP contribution in [0.3, 0.4) is 0 Å². The van der Waals surface area contributed by atoms with Crippen molar-refractivity contribution in [1.82, 2.24) is 4.98 Å². The van der Waals surface area contributed by atoms with E-state index in [1.807, 2.05) is 0 Å². The number of pyridine rings is 1. The van der Waals surface area contributed by atoms with Gasteiger partial charge in [-0.3, -0.25) is 15.1 Å². The molecule has 1 rings (SSSR count). The molecule has 23 heavy (non-hydrogen) atoms. The molecule has 0 radical (unpaired) electrons. The maximum atomic E-state index is 11.7. The molecule has 124 valence electrons. The van der Waals surface area contributed by atoms with Crippen molar-refractivity contribution in [3.05, 3.63) is 34.1 Å². The third-order valence-electron chi connectivity index (χ3n) is 2.44. The molecule has 0 aliphatic carbocycles. The molecule has 0 aliphatic heterocycles. The van der Waals surface area contributed by atoms with Crippen LogP contribution in [0, 0.1) is 10.1 Å². The SMILES string of the molecule is COC(=O)C(Cc1ncccc1[N+](=O)[O-])=NC(=O)OC(C)(C)C. The quantitative estimate of drug-likeness (QED) is 0.360. The number of aliphatic imine (C=N–C) groups is 1. The molecular weight excluding hydrogens is 306 g/mol. The Bertz CT molecular complexity index is 648. The number of nitrogens with zero attached hydrogens (tertiary/aromatic N) is 3. The van der Waals surface area contributed by atoms with E-state index in [0.717, 1.165) is 7.11 Å². The number of carbonyl (C=O) groups is 2. The number of esters is 1. The summed E-state index contributed by atoms with van der Waals surface area (Å²) in [6, 6.07) is 2.63. The van der Waals surface area contributed by atoms with Crippen molar-refractivity contribution in [2.75, 3.05) is 7.11 Å². The number of hydrogen-bond donors (Lipinski definition) is 0.